The van der Waals surface area contributed by atoms with Gasteiger partial charge < -0.3 is 19.5 Å². The molecule has 0 spiro atoms. The fraction of sp³-hybridized carbons (Fsp3) is 0.0690. The SMILES string of the molecule is COc1cc2nccc(Oc3ccc(NC(=O)c4c(I)ccn(-c5ccc(F)cc5)c4=O)cc3F)c2cc1OC. The molecule has 1 N–H and O–H groups in total. The zero-order valence-electron chi connectivity index (χ0n) is 21.1. The molecule has 3 aromatic carbocycles. The van der Waals surface area contributed by atoms with E-state index in [9.17, 15) is 14.0 Å². The summed E-state index contributed by atoms with van der Waals surface area (Å²) < 4.78 is 46.6. The number of methoxy groups -OCH3 is 2. The molecule has 1 amide bonds. The van der Waals surface area contributed by atoms with Crippen LogP contribution in [0.5, 0.6) is 23.0 Å². The van der Waals surface area contributed by atoms with Gasteiger partial charge in [-0.05, 0) is 77.2 Å². The summed E-state index contributed by atoms with van der Waals surface area (Å²) in [5.41, 5.74) is 0.328. The van der Waals surface area contributed by atoms with Crippen molar-refractivity contribution < 1.29 is 27.8 Å². The van der Waals surface area contributed by atoms with Gasteiger partial charge in [-0.2, -0.15) is 0 Å². The van der Waals surface area contributed by atoms with Crippen LogP contribution in [0.1, 0.15) is 10.4 Å². The second kappa shape index (κ2) is 11.3. The molecular formula is C29H20F2IN3O5. The first-order valence-corrected chi connectivity index (χ1v) is 12.8. The van der Waals surface area contributed by atoms with Crippen LogP contribution in [0.2, 0.25) is 0 Å². The van der Waals surface area contributed by atoms with Crippen LogP contribution in [0.3, 0.4) is 0 Å². The second-order valence-corrected chi connectivity index (χ2v) is 9.59. The summed E-state index contributed by atoms with van der Waals surface area (Å²) in [6, 6.07) is 15.7. The first-order chi connectivity index (χ1) is 19.3. The Bertz CT molecular complexity index is 1810. The maximum absolute atomic E-state index is 15.1. The highest BCUT2D eigenvalue weighted by Gasteiger charge is 2.19. The fourth-order valence-corrected chi connectivity index (χ4v) is 4.67. The first-order valence-electron chi connectivity index (χ1n) is 11.8. The van der Waals surface area contributed by atoms with Gasteiger partial charge in [0, 0.05) is 44.9 Å². The number of aromatic nitrogens is 2. The van der Waals surface area contributed by atoms with Gasteiger partial charge >= 0.3 is 0 Å². The maximum atomic E-state index is 15.1. The number of hydrogen-bond acceptors (Lipinski definition) is 6. The van der Waals surface area contributed by atoms with Crippen molar-refractivity contribution in [1.82, 2.24) is 9.55 Å². The van der Waals surface area contributed by atoms with Crippen molar-refractivity contribution in [2.75, 3.05) is 19.5 Å². The molecular weight excluding hydrogens is 635 g/mol. The number of nitrogens with zero attached hydrogens (tertiary/aromatic N) is 2. The van der Waals surface area contributed by atoms with Crippen LogP contribution < -0.4 is 25.1 Å². The van der Waals surface area contributed by atoms with Gasteiger partial charge in [0.25, 0.3) is 11.5 Å². The molecule has 0 radical (unpaired) electrons. The molecule has 0 unspecified atom stereocenters. The number of amides is 1. The van der Waals surface area contributed by atoms with Crippen molar-refractivity contribution in [3.05, 3.63) is 110 Å². The monoisotopic (exact) mass is 655 g/mol. The molecule has 0 bridgehead atoms. The quantitative estimate of drug-likeness (QED) is 0.206. The Morgan fingerprint density at radius 3 is 2.33 bits per heavy atom. The van der Waals surface area contributed by atoms with E-state index in [2.05, 4.69) is 10.3 Å². The standard InChI is InChI=1S/C29H20F2IN3O5/c1-38-25-14-19-22(15-26(25)39-2)33-11-9-23(19)40-24-8-5-17(13-20(24)31)34-28(36)27-21(32)10-12-35(29(27)37)18-6-3-16(30)4-7-18/h3-15H,1-2H3,(H,34,36). The average molecular weight is 655 g/mol. The Labute approximate surface area is 240 Å². The minimum atomic E-state index is -0.741. The van der Waals surface area contributed by atoms with Gasteiger partial charge in [0.15, 0.2) is 23.1 Å². The van der Waals surface area contributed by atoms with Crippen molar-refractivity contribution >= 4 is 45.1 Å². The molecule has 8 nitrogen and oxygen atoms in total. The molecule has 0 aliphatic heterocycles. The number of fused-ring (bicyclic) bond motifs is 1. The highest BCUT2D eigenvalue weighted by molar-refractivity contribution is 14.1. The van der Waals surface area contributed by atoms with E-state index in [4.69, 9.17) is 14.2 Å². The lowest BCUT2D eigenvalue weighted by molar-refractivity contribution is 0.102. The van der Waals surface area contributed by atoms with Crippen LogP contribution in [-0.2, 0) is 0 Å². The van der Waals surface area contributed by atoms with Crippen molar-refractivity contribution in [2.24, 2.45) is 0 Å². The summed E-state index contributed by atoms with van der Waals surface area (Å²) >= 11 is 1.88. The zero-order chi connectivity index (χ0) is 28.4. The van der Waals surface area contributed by atoms with Crippen LogP contribution in [0.15, 0.2) is 83.9 Å². The van der Waals surface area contributed by atoms with E-state index in [0.717, 1.165) is 6.07 Å². The van der Waals surface area contributed by atoms with Crippen molar-refractivity contribution in [3.8, 4) is 28.7 Å². The first kappa shape index (κ1) is 27.1. The summed E-state index contributed by atoms with van der Waals surface area (Å²) in [6.45, 7) is 0. The molecule has 0 aliphatic carbocycles. The van der Waals surface area contributed by atoms with Crippen LogP contribution in [0, 0.1) is 15.2 Å². The van der Waals surface area contributed by atoms with Gasteiger partial charge in [-0.15, -0.1) is 0 Å². The molecule has 2 heterocycles. The van der Waals surface area contributed by atoms with Gasteiger partial charge in [0.2, 0.25) is 0 Å². The van der Waals surface area contributed by atoms with Crippen LogP contribution in [0.4, 0.5) is 14.5 Å². The van der Waals surface area contributed by atoms with Crippen LogP contribution >= 0.6 is 22.6 Å². The number of ether oxygens (including phenoxy) is 3. The molecule has 5 rings (SSSR count). The molecule has 0 atom stereocenters. The number of rotatable bonds is 7. The normalized spacial score (nSPS) is 10.8. The zero-order valence-corrected chi connectivity index (χ0v) is 23.2. The summed E-state index contributed by atoms with van der Waals surface area (Å²) in [7, 11) is 3.02. The van der Waals surface area contributed by atoms with Gasteiger partial charge in [-0.3, -0.25) is 19.1 Å². The maximum Gasteiger partial charge on any atom is 0.269 e. The molecule has 0 fully saturated rings. The molecule has 202 valence electrons. The molecule has 40 heavy (non-hydrogen) atoms. The Morgan fingerprint density at radius 1 is 0.900 bits per heavy atom. The molecule has 0 aliphatic rings. The number of carbonyl (C=O) groups is 1. The van der Waals surface area contributed by atoms with E-state index in [1.165, 1.54) is 67.6 Å². The Balaban J connectivity index is 1.40. The van der Waals surface area contributed by atoms with Gasteiger partial charge in [-0.25, -0.2) is 8.78 Å². The largest absolute Gasteiger partial charge is 0.493 e. The third-order valence-corrected chi connectivity index (χ3v) is 6.89. The predicted molar refractivity (Wildman–Crippen MR) is 154 cm³/mol. The topological polar surface area (TPSA) is 91.7 Å². The lowest BCUT2D eigenvalue weighted by Crippen LogP contribution is -2.29. The third-order valence-electron chi connectivity index (χ3n) is 5.99. The number of carbonyl (C=O) groups excluding carboxylic acids is 1. The predicted octanol–water partition coefficient (Wildman–Crippen LogP) is 6.33. The fourth-order valence-electron chi connectivity index (χ4n) is 4.03. The average Bonchev–Trinajstić information content (AvgIpc) is 2.94. The van der Waals surface area contributed by atoms with Crippen molar-refractivity contribution in [3.63, 3.8) is 0 Å². The Hall–Kier alpha value is -4.52. The summed E-state index contributed by atoms with van der Waals surface area (Å²) in [6.07, 6.45) is 3.02. The van der Waals surface area contributed by atoms with E-state index in [1.54, 1.807) is 24.3 Å². The van der Waals surface area contributed by atoms with Gasteiger partial charge in [-0.1, -0.05) is 0 Å². The minimum absolute atomic E-state index is 0.0896. The lowest BCUT2D eigenvalue weighted by Gasteiger charge is -2.13. The number of anilines is 1. The number of halogens is 3. The molecule has 0 saturated heterocycles. The van der Waals surface area contributed by atoms with Crippen LogP contribution in [0.25, 0.3) is 16.6 Å². The van der Waals surface area contributed by atoms with E-state index >= 15 is 4.39 Å². The number of hydrogen-bond donors (Lipinski definition) is 1. The molecule has 0 saturated carbocycles. The number of nitrogens with one attached hydrogen (secondary N) is 1. The van der Waals surface area contributed by atoms with Crippen molar-refractivity contribution in [1.29, 1.82) is 0 Å². The van der Waals surface area contributed by atoms with E-state index in [1.807, 2.05) is 22.6 Å². The Morgan fingerprint density at radius 2 is 1.62 bits per heavy atom. The Kier molecular flexibility index (Phi) is 7.65. The van der Waals surface area contributed by atoms with E-state index < -0.39 is 23.1 Å². The van der Waals surface area contributed by atoms with Crippen LogP contribution in [-0.4, -0.2) is 29.7 Å². The van der Waals surface area contributed by atoms with E-state index in [0.29, 0.717) is 37.4 Å². The second-order valence-electron chi connectivity index (χ2n) is 8.43. The molecule has 5 aromatic rings. The smallest absolute Gasteiger partial charge is 0.269 e. The summed E-state index contributed by atoms with van der Waals surface area (Å²) in [4.78, 5) is 30.5. The molecule has 11 heteroatoms. The lowest BCUT2D eigenvalue weighted by atomic mass is 10.1. The summed E-state index contributed by atoms with van der Waals surface area (Å²) in [5, 5.41) is 3.14. The summed E-state index contributed by atoms with van der Waals surface area (Å²) in [5.74, 6) is -0.722. The third kappa shape index (κ3) is 5.32. The highest BCUT2D eigenvalue weighted by Crippen LogP contribution is 2.37. The minimum Gasteiger partial charge on any atom is -0.493 e. The van der Waals surface area contributed by atoms with Gasteiger partial charge in [0.05, 0.1) is 19.7 Å². The number of benzene rings is 3. The van der Waals surface area contributed by atoms with Gasteiger partial charge in [0.1, 0.15) is 17.1 Å². The highest BCUT2D eigenvalue weighted by atomic mass is 127. The van der Waals surface area contributed by atoms with Crippen molar-refractivity contribution in [2.45, 2.75) is 0 Å². The number of pyridine rings is 2. The molecule has 2 aromatic heterocycles. The van der Waals surface area contributed by atoms with E-state index in [-0.39, 0.29) is 17.0 Å².